The van der Waals surface area contributed by atoms with E-state index in [0.29, 0.717) is 34.7 Å². The number of rotatable bonds is 7. The summed E-state index contributed by atoms with van der Waals surface area (Å²) in [6.45, 7) is 2.03. The first-order valence-corrected chi connectivity index (χ1v) is 9.49. The number of esters is 1. The van der Waals surface area contributed by atoms with Crippen LogP contribution in [-0.4, -0.2) is 41.3 Å². The highest BCUT2D eigenvalue weighted by Gasteiger charge is 2.17. The Morgan fingerprint density at radius 3 is 2.00 bits per heavy atom. The lowest BCUT2D eigenvalue weighted by atomic mass is 10.1. The summed E-state index contributed by atoms with van der Waals surface area (Å²) in [6, 6.07) is 12.9. The van der Waals surface area contributed by atoms with Gasteiger partial charge in [-0.3, -0.25) is 14.3 Å². The number of hydrogen-bond donors (Lipinski definition) is 2. The van der Waals surface area contributed by atoms with Crippen LogP contribution in [0, 0.1) is 0 Å². The van der Waals surface area contributed by atoms with Gasteiger partial charge in [0.15, 0.2) is 0 Å². The molecule has 0 aliphatic carbocycles. The smallest absolute Gasteiger partial charge is 0.338 e. The van der Waals surface area contributed by atoms with Crippen molar-refractivity contribution >= 4 is 29.2 Å². The van der Waals surface area contributed by atoms with E-state index in [2.05, 4.69) is 15.7 Å². The molecule has 0 fully saturated rings. The van der Waals surface area contributed by atoms with Gasteiger partial charge in [0, 0.05) is 30.2 Å². The van der Waals surface area contributed by atoms with Crippen LogP contribution < -0.4 is 15.4 Å². The molecule has 2 aromatic carbocycles. The number of methoxy groups -OCH3 is 1. The van der Waals surface area contributed by atoms with E-state index in [4.69, 9.17) is 9.47 Å². The van der Waals surface area contributed by atoms with Crippen LogP contribution in [0.3, 0.4) is 0 Å². The maximum absolute atomic E-state index is 12.5. The minimum atomic E-state index is -0.415. The van der Waals surface area contributed by atoms with Crippen LogP contribution in [0.5, 0.6) is 5.88 Å². The Morgan fingerprint density at radius 2 is 1.45 bits per heavy atom. The van der Waals surface area contributed by atoms with E-state index < -0.39 is 5.97 Å². The number of nitrogens with zero attached hydrogens (tertiary/aromatic N) is 2. The average molecular weight is 422 g/mol. The van der Waals surface area contributed by atoms with Gasteiger partial charge < -0.3 is 20.1 Å². The van der Waals surface area contributed by atoms with Gasteiger partial charge in [-0.15, -0.1) is 5.10 Å². The topological polar surface area (TPSA) is 112 Å². The predicted molar refractivity (Wildman–Crippen MR) is 115 cm³/mol. The summed E-state index contributed by atoms with van der Waals surface area (Å²) in [5, 5.41) is 9.54. The first-order valence-electron chi connectivity index (χ1n) is 9.49. The summed E-state index contributed by atoms with van der Waals surface area (Å²) >= 11 is 0. The van der Waals surface area contributed by atoms with Crippen molar-refractivity contribution < 1.29 is 23.9 Å². The van der Waals surface area contributed by atoms with Gasteiger partial charge in [-0.05, 0) is 55.5 Å². The molecule has 2 N–H and O–H groups in total. The minimum Gasteiger partial charge on any atom is -0.479 e. The zero-order valence-electron chi connectivity index (χ0n) is 17.3. The summed E-state index contributed by atoms with van der Waals surface area (Å²) in [5.41, 5.74) is 2.18. The van der Waals surface area contributed by atoms with Crippen molar-refractivity contribution in [3.8, 4) is 5.88 Å². The zero-order chi connectivity index (χ0) is 22.4. The van der Waals surface area contributed by atoms with Gasteiger partial charge in [-0.1, -0.05) is 0 Å². The molecule has 31 heavy (non-hydrogen) atoms. The van der Waals surface area contributed by atoms with Crippen molar-refractivity contribution in [3.05, 3.63) is 71.4 Å². The number of hydrogen-bond acceptors (Lipinski definition) is 6. The van der Waals surface area contributed by atoms with Gasteiger partial charge in [-0.2, -0.15) is 0 Å². The highest BCUT2D eigenvalue weighted by molar-refractivity contribution is 6.07. The molecule has 0 saturated heterocycles. The van der Waals surface area contributed by atoms with Gasteiger partial charge in [0.2, 0.25) is 5.88 Å². The molecule has 2 amide bonds. The molecular weight excluding hydrogens is 400 g/mol. The van der Waals surface area contributed by atoms with Gasteiger partial charge in [0.1, 0.15) is 5.56 Å². The number of aromatic nitrogens is 2. The third kappa shape index (κ3) is 5.27. The Balaban J connectivity index is 1.62. The molecule has 0 aliphatic heterocycles. The molecule has 0 unspecified atom stereocenters. The molecule has 160 valence electrons. The molecule has 9 heteroatoms. The molecule has 1 aromatic heterocycles. The van der Waals surface area contributed by atoms with Crippen molar-refractivity contribution in [1.29, 1.82) is 0 Å². The summed E-state index contributed by atoms with van der Waals surface area (Å²) in [6.07, 6.45) is 1.56. The summed E-state index contributed by atoms with van der Waals surface area (Å²) in [5.74, 6) is -0.883. The molecule has 0 saturated carbocycles. The highest BCUT2D eigenvalue weighted by atomic mass is 16.5. The molecule has 3 aromatic rings. The predicted octanol–water partition coefficient (Wildman–Crippen LogP) is 3.11. The summed E-state index contributed by atoms with van der Waals surface area (Å²) in [4.78, 5) is 36.6. The molecule has 0 spiro atoms. The molecule has 9 nitrogen and oxygen atoms in total. The lowest BCUT2D eigenvalue weighted by Crippen LogP contribution is -2.14. The van der Waals surface area contributed by atoms with Crippen LogP contribution in [0.25, 0.3) is 0 Å². The second-order valence-electron chi connectivity index (χ2n) is 6.51. The number of nitrogens with one attached hydrogen (secondary N) is 2. The zero-order valence-corrected chi connectivity index (χ0v) is 17.3. The van der Waals surface area contributed by atoms with Crippen LogP contribution in [-0.2, 0) is 11.8 Å². The highest BCUT2D eigenvalue weighted by Crippen LogP contribution is 2.18. The fourth-order valence-corrected chi connectivity index (χ4v) is 2.79. The lowest BCUT2D eigenvalue weighted by Gasteiger charge is -2.08. The van der Waals surface area contributed by atoms with Gasteiger partial charge in [0.05, 0.1) is 19.3 Å². The van der Waals surface area contributed by atoms with E-state index in [-0.39, 0.29) is 17.7 Å². The van der Waals surface area contributed by atoms with Crippen molar-refractivity contribution in [1.82, 2.24) is 9.78 Å². The number of ether oxygens (including phenoxy) is 2. The van der Waals surface area contributed by atoms with E-state index >= 15 is 0 Å². The van der Waals surface area contributed by atoms with Crippen molar-refractivity contribution in [2.24, 2.45) is 7.05 Å². The first kappa shape index (κ1) is 21.6. The van der Waals surface area contributed by atoms with Gasteiger partial charge >= 0.3 is 5.97 Å². The fourth-order valence-electron chi connectivity index (χ4n) is 2.79. The Morgan fingerprint density at radius 1 is 0.903 bits per heavy atom. The van der Waals surface area contributed by atoms with E-state index in [1.54, 1.807) is 68.7 Å². The molecule has 0 aliphatic rings. The Hall–Kier alpha value is -4.14. The van der Waals surface area contributed by atoms with Crippen LogP contribution in [0.4, 0.5) is 11.4 Å². The standard InChI is InChI=1S/C22H22N4O5/c1-4-31-22(29)15-7-11-16(12-8-15)23-19(27)14-5-9-17(10-6-14)24-20(28)18-13-26(2)25-21(18)30-3/h5-13H,4H2,1-3H3,(H,23,27)(H,24,28). The molecular formula is C22H22N4O5. The number of amides is 2. The number of aryl methyl sites for hydroxylation is 1. The molecule has 0 atom stereocenters. The fraction of sp³-hybridized carbons (Fsp3) is 0.182. The third-order valence-corrected chi connectivity index (χ3v) is 4.29. The second-order valence-corrected chi connectivity index (χ2v) is 6.51. The average Bonchev–Trinajstić information content (AvgIpc) is 3.16. The molecule has 1 heterocycles. The number of benzene rings is 2. The summed E-state index contributed by atoms with van der Waals surface area (Å²) in [7, 11) is 3.13. The quantitative estimate of drug-likeness (QED) is 0.566. The maximum atomic E-state index is 12.5. The Kier molecular flexibility index (Phi) is 6.66. The van der Waals surface area contributed by atoms with Crippen LogP contribution >= 0.6 is 0 Å². The van der Waals surface area contributed by atoms with E-state index in [0.717, 1.165) is 0 Å². The maximum Gasteiger partial charge on any atom is 0.338 e. The molecule has 3 rings (SSSR count). The Bertz CT molecular complexity index is 1090. The van der Waals surface area contributed by atoms with Crippen LogP contribution in [0.15, 0.2) is 54.7 Å². The lowest BCUT2D eigenvalue weighted by molar-refractivity contribution is 0.0526. The van der Waals surface area contributed by atoms with E-state index in [1.807, 2.05) is 0 Å². The van der Waals surface area contributed by atoms with Gasteiger partial charge in [0.25, 0.3) is 11.8 Å². The summed E-state index contributed by atoms with van der Waals surface area (Å²) < 4.78 is 11.5. The monoisotopic (exact) mass is 422 g/mol. The van der Waals surface area contributed by atoms with Crippen molar-refractivity contribution in [2.75, 3.05) is 24.4 Å². The SMILES string of the molecule is CCOC(=O)c1ccc(NC(=O)c2ccc(NC(=O)c3cn(C)nc3OC)cc2)cc1. The van der Waals surface area contributed by atoms with Gasteiger partial charge in [-0.25, -0.2) is 4.79 Å². The number of carbonyl (C=O) groups is 3. The van der Waals surface area contributed by atoms with E-state index in [1.165, 1.54) is 11.8 Å². The van der Waals surface area contributed by atoms with Crippen LogP contribution in [0.1, 0.15) is 38.0 Å². The molecule has 0 radical (unpaired) electrons. The van der Waals surface area contributed by atoms with Crippen LogP contribution in [0.2, 0.25) is 0 Å². The van der Waals surface area contributed by atoms with Crippen molar-refractivity contribution in [3.63, 3.8) is 0 Å². The minimum absolute atomic E-state index is 0.227. The van der Waals surface area contributed by atoms with E-state index in [9.17, 15) is 14.4 Å². The Labute approximate surface area is 179 Å². The largest absolute Gasteiger partial charge is 0.479 e. The molecule has 0 bridgehead atoms. The number of anilines is 2. The normalized spacial score (nSPS) is 10.3. The number of carbonyl (C=O) groups excluding carboxylic acids is 3. The third-order valence-electron chi connectivity index (χ3n) is 4.29. The first-order chi connectivity index (χ1) is 14.9. The second kappa shape index (κ2) is 9.57. The van der Waals surface area contributed by atoms with Crippen molar-refractivity contribution in [2.45, 2.75) is 6.92 Å².